The van der Waals surface area contributed by atoms with E-state index >= 15 is 0 Å². The number of pyridine rings is 1. The van der Waals surface area contributed by atoms with E-state index in [0.29, 0.717) is 19.7 Å². The Morgan fingerprint density at radius 1 is 1.25 bits per heavy atom. The van der Waals surface area contributed by atoms with Crippen LogP contribution in [0.15, 0.2) is 36.5 Å². The van der Waals surface area contributed by atoms with Crippen molar-refractivity contribution < 1.29 is 14.3 Å². The first-order valence-electron chi connectivity index (χ1n) is 9.95. The zero-order valence-corrected chi connectivity index (χ0v) is 16.7. The minimum Gasteiger partial charge on any atom is -0.450 e. The molecule has 2 spiro atoms. The molecule has 146 valence electrons. The minimum absolute atomic E-state index is 0.237. The summed E-state index contributed by atoms with van der Waals surface area (Å²) in [7, 11) is 0. The van der Waals surface area contributed by atoms with Crippen molar-refractivity contribution in [2.45, 2.75) is 43.8 Å². The molecule has 2 fully saturated rings. The molecule has 3 heterocycles. The number of benzene rings is 1. The summed E-state index contributed by atoms with van der Waals surface area (Å²) in [6.07, 6.45) is 4.99. The van der Waals surface area contributed by atoms with Crippen molar-refractivity contribution in [3.63, 3.8) is 0 Å². The molecule has 2 saturated heterocycles. The number of ether oxygens (including phenoxy) is 2. The number of aryl methyl sites for hydroxylation is 2. The Balaban J connectivity index is 1.55. The Hall–Kier alpha value is -2.11. The number of epoxide rings is 1. The van der Waals surface area contributed by atoms with Gasteiger partial charge in [-0.1, -0.05) is 23.7 Å². The molecule has 3 aliphatic rings. The molecule has 5 rings (SSSR count). The van der Waals surface area contributed by atoms with Crippen molar-refractivity contribution in [2.24, 2.45) is 0 Å². The second kappa shape index (κ2) is 6.46. The van der Waals surface area contributed by atoms with E-state index in [-0.39, 0.29) is 11.7 Å². The Morgan fingerprint density at radius 2 is 2.04 bits per heavy atom. The van der Waals surface area contributed by atoms with Gasteiger partial charge in [0.15, 0.2) is 5.60 Å². The van der Waals surface area contributed by atoms with Gasteiger partial charge in [-0.3, -0.25) is 4.98 Å². The van der Waals surface area contributed by atoms with E-state index in [4.69, 9.17) is 26.1 Å². The molecule has 2 aromatic rings. The third kappa shape index (κ3) is 2.49. The average Bonchev–Trinajstić information content (AvgIpc) is 3.37. The van der Waals surface area contributed by atoms with E-state index in [2.05, 4.69) is 18.2 Å². The fraction of sp³-hybridized carbons (Fsp3) is 0.455. The van der Waals surface area contributed by atoms with E-state index in [9.17, 15) is 4.79 Å². The summed E-state index contributed by atoms with van der Waals surface area (Å²) >= 11 is 6.30. The van der Waals surface area contributed by atoms with Crippen molar-refractivity contribution in [2.75, 3.05) is 19.7 Å². The van der Waals surface area contributed by atoms with Crippen LogP contribution in [0.3, 0.4) is 0 Å². The van der Waals surface area contributed by atoms with Gasteiger partial charge in [-0.2, -0.15) is 0 Å². The molecule has 0 N–H and O–H groups in total. The maximum absolute atomic E-state index is 12.1. The molecule has 1 aliphatic carbocycles. The van der Waals surface area contributed by atoms with Crippen LogP contribution in [0.2, 0.25) is 5.02 Å². The lowest BCUT2D eigenvalue weighted by Gasteiger charge is -2.32. The molecule has 5 nitrogen and oxygen atoms in total. The van der Waals surface area contributed by atoms with Gasteiger partial charge >= 0.3 is 6.09 Å². The van der Waals surface area contributed by atoms with Crippen LogP contribution in [-0.4, -0.2) is 41.3 Å². The van der Waals surface area contributed by atoms with Gasteiger partial charge in [-0.25, -0.2) is 4.79 Å². The van der Waals surface area contributed by atoms with Crippen LogP contribution < -0.4 is 0 Å². The quantitative estimate of drug-likeness (QED) is 0.678. The summed E-state index contributed by atoms with van der Waals surface area (Å²) in [5.74, 6) is 0. The lowest BCUT2D eigenvalue weighted by molar-refractivity contribution is 0.0850. The molecule has 28 heavy (non-hydrogen) atoms. The Morgan fingerprint density at radius 3 is 2.82 bits per heavy atom. The van der Waals surface area contributed by atoms with Gasteiger partial charge in [-0.05, 0) is 67.5 Å². The molecule has 0 radical (unpaired) electrons. The third-order valence-corrected chi connectivity index (χ3v) is 6.62. The number of halogens is 1. The van der Waals surface area contributed by atoms with Crippen molar-refractivity contribution in [3.05, 3.63) is 63.9 Å². The summed E-state index contributed by atoms with van der Waals surface area (Å²) in [6, 6.07) is 10.3. The van der Waals surface area contributed by atoms with Gasteiger partial charge in [0.25, 0.3) is 0 Å². The first kappa shape index (κ1) is 18.0. The molecule has 1 aromatic heterocycles. The van der Waals surface area contributed by atoms with Gasteiger partial charge < -0.3 is 14.4 Å². The largest absolute Gasteiger partial charge is 0.450 e. The summed E-state index contributed by atoms with van der Waals surface area (Å²) in [4.78, 5) is 18.7. The van der Waals surface area contributed by atoms with Crippen LogP contribution in [-0.2, 0) is 27.9 Å². The lowest BCUT2D eigenvalue weighted by atomic mass is 9.76. The number of amides is 1. The van der Waals surface area contributed by atoms with E-state index in [1.54, 1.807) is 4.90 Å². The number of nitrogens with zero attached hydrogens (tertiary/aromatic N) is 2. The Bertz CT molecular complexity index is 939. The average molecular weight is 399 g/mol. The first-order chi connectivity index (χ1) is 13.6. The summed E-state index contributed by atoms with van der Waals surface area (Å²) in [5.41, 5.74) is 3.81. The Labute approximate surface area is 169 Å². The van der Waals surface area contributed by atoms with E-state index in [1.807, 2.05) is 25.3 Å². The fourth-order valence-corrected chi connectivity index (χ4v) is 5.21. The molecule has 2 aliphatic heterocycles. The predicted molar refractivity (Wildman–Crippen MR) is 106 cm³/mol. The van der Waals surface area contributed by atoms with Crippen molar-refractivity contribution in [3.8, 4) is 0 Å². The summed E-state index contributed by atoms with van der Waals surface area (Å²) < 4.78 is 11.8. The highest BCUT2D eigenvalue weighted by Crippen LogP contribution is 2.65. The van der Waals surface area contributed by atoms with Gasteiger partial charge in [0.05, 0.1) is 12.3 Å². The standard InChI is InChI=1S/C22H23ClN2O3/c1-2-27-20(26)25-12-9-21(10-13-25)22(28-21)18-8-7-17(23)14-16(18)6-5-15-4-3-11-24-19(15)22/h3-4,7-8,11,14H,2,5-6,9-10,12-13H2,1H3. The molecule has 1 amide bonds. The molecular formula is C22H23ClN2O3. The van der Waals surface area contributed by atoms with Crippen LogP contribution >= 0.6 is 11.6 Å². The highest BCUT2D eigenvalue weighted by atomic mass is 35.5. The maximum atomic E-state index is 12.1. The Kier molecular flexibility index (Phi) is 4.14. The molecule has 1 atom stereocenters. The van der Waals surface area contributed by atoms with Gasteiger partial charge in [-0.15, -0.1) is 0 Å². The zero-order valence-electron chi connectivity index (χ0n) is 15.9. The van der Waals surface area contributed by atoms with Crippen molar-refractivity contribution >= 4 is 17.7 Å². The number of hydrogen-bond donors (Lipinski definition) is 0. The normalized spacial score (nSPS) is 24.4. The fourth-order valence-electron chi connectivity index (χ4n) is 5.02. The number of aromatic nitrogens is 1. The lowest BCUT2D eigenvalue weighted by Crippen LogP contribution is -2.44. The molecular weight excluding hydrogens is 376 g/mol. The zero-order chi connectivity index (χ0) is 19.4. The highest BCUT2D eigenvalue weighted by Gasteiger charge is 2.74. The van der Waals surface area contributed by atoms with Crippen LogP contribution in [0.5, 0.6) is 0 Å². The van der Waals surface area contributed by atoms with E-state index in [1.165, 1.54) is 16.7 Å². The topological polar surface area (TPSA) is 55.0 Å². The molecule has 1 aromatic carbocycles. The smallest absolute Gasteiger partial charge is 0.409 e. The number of hydrogen-bond acceptors (Lipinski definition) is 4. The van der Waals surface area contributed by atoms with Crippen molar-refractivity contribution in [1.29, 1.82) is 0 Å². The molecule has 0 bridgehead atoms. The summed E-state index contributed by atoms with van der Waals surface area (Å²) in [5, 5.41) is 0.750. The number of carbonyl (C=O) groups is 1. The van der Waals surface area contributed by atoms with Gasteiger partial charge in [0.2, 0.25) is 0 Å². The second-order valence-corrected chi connectivity index (χ2v) is 8.21. The number of fused-ring (bicyclic) bond motifs is 5. The maximum Gasteiger partial charge on any atom is 0.409 e. The van der Waals surface area contributed by atoms with Crippen LogP contribution in [0, 0.1) is 0 Å². The minimum atomic E-state index is -0.541. The molecule has 6 heteroatoms. The van der Waals surface area contributed by atoms with Crippen LogP contribution in [0.4, 0.5) is 4.79 Å². The molecule has 0 saturated carbocycles. The number of rotatable bonds is 1. The van der Waals surface area contributed by atoms with Crippen molar-refractivity contribution in [1.82, 2.24) is 9.88 Å². The van der Waals surface area contributed by atoms with Crippen LogP contribution in [0.1, 0.15) is 42.1 Å². The second-order valence-electron chi connectivity index (χ2n) is 7.78. The van der Waals surface area contributed by atoms with Crippen LogP contribution in [0.25, 0.3) is 0 Å². The number of carbonyl (C=O) groups excluding carboxylic acids is 1. The van der Waals surface area contributed by atoms with Gasteiger partial charge in [0.1, 0.15) is 5.60 Å². The summed E-state index contributed by atoms with van der Waals surface area (Å²) in [6.45, 7) is 3.49. The molecule has 1 unspecified atom stereocenters. The first-order valence-corrected chi connectivity index (χ1v) is 10.3. The number of likely N-dealkylation sites (tertiary alicyclic amines) is 1. The number of piperidine rings is 1. The van der Waals surface area contributed by atoms with E-state index in [0.717, 1.165) is 36.4 Å². The predicted octanol–water partition coefficient (Wildman–Crippen LogP) is 4.10. The monoisotopic (exact) mass is 398 g/mol. The highest BCUT2D eigenvalue weighted by molar-refractivity contribution is 6.30. The SMILES string of the molecule is CCOC(=O)N1CCC2(CC1)OC21c2ccc(Cl)cc2CCc2cccnc21. The third-order valence-electron chi connectivity index (χ3n) is 6.38. The van der Waals surface area contributed by atoms with E-state index < -0.39 is 5.60 Å². The van der Waals surface area contributed by atoms with Gasteiger partial charge in [0, 0.05) is 24.3 Å².